The van der Waals surface area contributed by atoms with Gasteiger partial charge in [-0.05, 0) is 70.3 Å². The number of nitrogens with zero attached hydrogens (tertiary/aromatic N) is 3. The van der Waals surface area contributed by atoms with Gasteiger partial charge in [-0.1, -0.05) is 18.1 Å². The van der Waals surface area contributed by atoms with Crippen LogP contribution in [0.5, 0.6) is 0 Å². The number of carbonyl (C=O) groups is 2. The number of thiocarbonyl (C=S) groups is 1. The summed E-state index contributed by atoms with van der Waals surface area (Å²) in [4.78, 5) is 33.3. The van der Waals surface area contributed by atoms with E-state index in [1.54, 1.807) is 0 Å². The molecule has 3 aliphatic rings. The van der Waals surface area contributed by atoms with E-state index in [1.165, 1.54) is 48.8 Å². The maximum absolute atomic E-state index is 12.8. The molecule has 1 aliphatic carbocycles. The lowest BCUT2D eigenvalue weighted by Gasteiger charge is -2.31. The van der Waals surface area contributed by atoms with Crippen molar-refractivity contribution in [3.8, 4) is 0 Å². The molecule has 0 bridgehead atoms. The maximum atomic E-state index is 12.8. The molecule has 0 aromatic carbocycles. The third kappa shape index (κ3) is 5.69. The minimum atomic E-state index is -0.863. The van der Waals surface area contributed by atoms with Crippen LogP contribution in [0.25, 0.3) is 0 Å². The summed E-state index contributed by atoms with van der Waals surface area (Å²) in [6, 6.07) is 0. The van der Waals surface area contributed by atoms with Gasteiger partial charge in [0.15, 0.2) is 11.0 Å². The second-order valence-electron chi connectivity index (χ2n) is 7.58. The fraction of sp³-hybridized carbons (Fsp3) is 0.700. The SMILES string of the molecule is O=C1NC(=S)N(CCC2=CCCCC2)C(=O)C1C=NCCN1CCCCC1. The van der Waals surface area contributed by atoms with Gasteiger partial charge in [0.1, 0.15) is 0 Å². The number of likely N-dealkylation sites (tertiary alicyclic amines) is 1. The summed E-state index contributed by atoms with van der Waals surface area (Å²) >= 11 is 5.22. The molecule has 1 unspecified atom stereocenters. The van der Waals surface area contributed by atoms with Gasteiger partial charge in [-0.2, -0.15) is 0 Å². The predicted molar refractivity (Wildman–Crippen MR) is 111 cm³/mol. The monoisotopic (exact) mass is 390 g/mol. The number of amides is 2. The molecule has 3 rings (SSSR count). The number of hydrogen-bond donors (Lipinski definition) is 1. The largest absolute Gasteiger partial charge is 0.302 e. The molecule has 0 aromatic heterocycles. The Morgan fingerprint density at radius 1 is 1.15 bits per heavy atom. The molecule has 148 valence electrons. The topological polar surface area (TPSA) is 65.0 Å². The third-order valence-corrected chi connectivity index (χ3v) is 5.90. The van der Waals surface area contributed by atoms with Crippen molar-refractivity contribution in [2.45, 2.75) is 51.4 Å². The Balaban J connectivity index is 1.51. The van der Waals surface area contributed by atoms with Crippen LogP contribution in [0, 0.1) is 5.92 Å². The van der Waals surface area contributed by atoms with E-state index in [1.807, 2.05) is 0 Å². The molecule has 2 heterocycles. The minimum Gasteiger partial charge on any atom is -0.302 e. The molecule has 0 spiro atoms. The minimum absolute atomic E-state index is 0.222. The summed E-state index contributed by atoms with van der Waals surface area (Å²) in [5, 5.41) is 2.89. The fourth-order valence-electron chi connectivity index (χ4n) is 3.92. The number of carbonyl (C=O) groups excluding carboxylic acids is 2. The number of allylic oxidation sites excluding steroid dienone is 1. The maximum Gasteiger partial charge on any atom is 0.246 e. The summed E-state index contributed by atoms with van der Waals surface area (Å²) in [5.74, 6) is -1.47. The fourth-order valence-corrected chi connectivity index (χ4v) is 4.21. The standard InChI is InChI=1S/C20H30N4O2S/c25-18-17(15-21-10-14-23-11-5-2-6-12-23)19(26)24(20(27)22-18)13-9-16-7-3-1-4-8-16/h7,15,17H,1-6,8-14H2,(H,22,25,27). The molecule has 7 heteroatoms. The van der Waals surface area contributed by atoms with E-state index in [4.69, 9.17) is 12.2 Å². The molecule has 0 radical (unpaired) electrons. The summed E-state index contributed by atoms with van der Waals surface area (Å²) in [7, 11) is 0. The number of aliphatic imine (C=N–C) groups is 1. The van der Waals surface area contributed by atoms with Crippen molar-refractivity contribution in [1.29, 1.82) is 0 Å². The second kappa shape index (κ2) is 10.1. The van der Waals surface area contributed by atoms with Gasteiger partial charge in [0.05, 0.1) is 6.54 Å². The van der Waals surface area contributed by atoms with Gasteiger partial charge in [0.25, 0.3) is 0 Å². The molecule has 0 aromatic rings. The average molecular weight is 391 g/mol. The first-order chi connectivity index (χ1) is 13.1. The molecule has 6 nitrogen and oxygen atoms in total. The lowest BCUT2D eigenvalue weighted by Crippen LogP contribution is -2.58. The molecule has 2 saturated heterocycles. The van der Waals surface area contributed by atoms with Crippen LogP contribution in [-0.4, -0.2) is 65.7 Å². The van der Waals surface area contributed by atoms with Crippen LogP contribution in [0.15, 0.2) is 16.6 Å². The van der Waals surface area contributed by atoms with Gasteiger partial charge in [-0.25, -0.2) is 0 Å². The number of nitrogens with one attached hydrogen (secondary N) is 1. The Hall–Kier alpha value is -1.60. The van der Waals surface area contributed by atoms with Gasteiger partial charge in [-0.15, -0.1) is 0 Å². The van der Waals surface area contributed by atoms with Crippen LogP contribution in [0.4, 0.5) is 0 Å². The van der Waals surface area contributed by atoms with E-state index in [0.717, 1.165) is 38.9 Å². The Labute approximate surface area is 167 Å². The van der Waals surface area contributed by atoms with Crippen molar-refractivity contribution < 1.29 is 9.59 Å². The van der Waals surface area contributed by atoms with Crippen LogP contribution in [0.3, 0.4) is 0 Å². The van der Waals surface area contributed by atoms with E-state index in [0.29, 0.717) is 13.1 Å². The highest BCUT2D eigenvalue weighted by Gasteiger charge is 2.37. The van der Waals surface area contributed by atoms with Gasteiger partial charge in [0.2, 0.25) is 11.8 Å². The van der Waals surface area contributed by atoms with E-state index in [-0.39, 0.29) is 16.9 Å². The zero-order valence-electron chi connectivity index (χ0n) is 16.0. The summed E-state index contributed by atoms with van der Waals surface area (Å²) in [6.45, 7) is 4.28. The first kappa shape index (κ1) is 20.1. The lowest BCUT2D eigenvalue weighted by molar-refractivity contribution is -0.137. The first-order valence-electron chi connectivity index (χ1n) is 10.2. The van der Waals surface area contributed by atoms with E-state index in [2.05, 4.69) is 21.3 Å². The van der Waals surface area contributed by atoms with Crippen molar-refractivity contribution in [2.24, 2.45) is 10.9 Å². The Kier molecular flexibility index (Phi) is 7.52. The quantitative estimate of drug-likeness (QED) is 0.314. The second-order valence-corrected chi connectivity index (χ2v) is 7.96. The smallest absolute Gasteiger partial charge is 0.246 e. The molecular formula is C20H30N4O2S. The highest BCUT2D eigenvalue weighted by Crippen LogP contribution is 2.21. The Morgan fingerprint density at radius 3 is 2.70 bits per heavy atom. The predicted octanol–water partition coefficient (Wildman–Crippen LogP) is 2.29. The Bertz CT molecular complexity index is 625. The van der Waals surface area contributed by atoms with E-state index < -0.39 is 5.92 Å². The van der Waals surface area contributed by atoms with Gasteiger partial charge in [-0.3, -0.25) is 19.5 Å². The van der Waals surface area contributed by atoms with Crippen molar-refractivity contribution in [3.05, 3.63) is 11.6 Å². The van der Waals surface area contributed by atoms with Crippen molar-refractivity contribution in [3.63, 3.8) is 0 Å². The van der Waals surface area contributed by atoms with Crippen molar-refractivity contribution in [1.82, 2.24) is 15.1 Å². The third-order valence-electron chi connectivity index (χ3n) is 5.58. The molecule has 1 atom stereocenters. The van der Waals surface area contributed by atoms with Crippen LogP contribution in [0.2, 0.25) is 0 Å². The average Bonchev–Trinajstić information content (AvgIpc) is 2.68. The zero-order chi connectivity index (χ0) is 19.1. The molecule has 2 aliphatic heterocycles. The van der Waals surface area contributed by atoms with Crippen molar-refractivity contribution in [2.75, 3.05) is 32.7 Å². The molecule has 2 amide bonds. The van der Waals surface area contributed by atoms with Gasteiger partial charge >= 0.3 is 0 Å². The highest BCUT2D eigenvalue weighted by atomic mass is 32.1. The van der Waals surface area contributed by atoms with Gasteiger partial charge < -0.3 is 10.2 Å². The highest BCUT2D eigenvalue weighted by molar-refractivity contribution is 7.80. The molecular weight excluding hydrogens is 360 g/mol. The molecule has 27 heavy (non-hydrogen) atoms. The summed E-state index contributed by atoms with van der Waals surface area (Å²) in [5.41, 5.74) is 1.39. The molecule has 0 saturated carbocycles. The van der Waals surface area contributed by atoms with E-state index >= 15 is 0 Å². The zero-order valence-corrected chi connectivity index (χ0v) is 16.8. The van der Waals surface area contributed by atoms with Crippen LogP contribution in [-0.2, 0) is 9.59 Å². The number of piperidine rings is 1. The van der Waals surface area contributed by atoms with Crippen molar-refractivity contribution >= 4 is 35.4 Å². The molecule has 2 fully saturated rings. The lowest BCUT2D eigenvalue weighted by atomic mass is 9.97. The first-order valence-corrected chi connectivity index (χ1v) is 10.6. The number of hydrogen-bond acceptors (Lipinski definition) is 5. The summed E-state index contributed by atoms with van der Waals surface area (Å²) < 4.78 is 0. The van der Waals surface area contributed by atoms with Crippen LogP contribution >= 0.6 is 12.2 Å². The van der Waals surface area contributed by atoms with E-state index in [9.17, 15) is 9.59 Å². The van der Waals surface area contributed by atoms with Crippen LogP contribution < -0.4 is 5.32 Å². The van der Waals surface area contributed by atoms with Gasteiger partial charge in [0, 0.05) is 19.3 Å². The summed E-state index contributed by atoms with van der Waals surface area (Å²) in [6.07, 6.45) is 13.1. The molecule has 1 N–H and O–H groups in total. The van der Waals surface area contributed by atoms with Crippen LogP contribution in [0.1, 0.15) is 51.4 Å². The normalized spacial score (nSPS) is 25.0. The Morgan fingerprint density at radius 2 is 1.96 bits per heavy atom. The number of rotatable bonds is 7.